The van der Waals surface area contributed by atoms with Gasteiger partial charge in [-0.15, -0.1) is 0 Å². The highest BCUT2D eigenvalue weighted by Crippen LogP contribution is 2.38. The Balaban J connectivity index is 1.87. The largest absolute Gasteiger partial charge is 0.297 e. The number of hydrogen-bond acceptors (Lipinski definition) is 1. The summed E-state index contributed by atoms with van der Waals surface area (Å²) in [5.41, 5.74) is 0. The second kappa shape index (κ2) is 6.78. The van der Waals surface area contributed by atoms with Gasteiger partial charge >= 0.3 is 0 Å². The zero-order valence-corrected chi connectivity index (χ0v) is 12.0. The lowest BCUT2D eigenvalue weighted by molar-refractivity contribution is 0.0631. The minimum absolute atomic E-state index is 0.945. The van der Waals surface area contributed by atoms with E-state index in [-0.39, 0.29) is 0 Å². The van der Waals surface area contributed by atoms with E-state index in [0.717, 1.165) is 18.0 Å². The van der Waals surface area contributed by atoms with Gasteiger partial charge in [0.05, 0.1) is 0 Å². The SMILES string of the molecule is CCCC[C@@H]1CC[C@@H](CCCC)N2CCC[C@@H]12. The number of unbranched alkanes of at least 4 members (excludes halogenated alkanes) is 2. The molecule has 0 N–H and O–H groups in total. The molecule has 0 radical (unpaired) electrons. The average Bonchev–Trinajstić information content (AvgIpc) is 2.83. The van der Waals surface area contributed by atoms with E-state index in [9.17, 15) is 0 Å². The molecule has 2 heterocycles. The van der Waals surface area contributed by atoms with E-state index in [1.807, 2.05) is 0 Å². The molecule has 2 rings (SSSR count). The van der Waals surface area contributed by atoms with Gasteiger partial charge in [0, 0.05) is 12.1 Å². The van der Waals surface area contributed by atoms with Crippen LogP contribution in [0, 0.1) is 5.92 Å². The van der Waals surface area contributed by atoms with Gasteiger partial charge < -0.3 is 0 Å². The Morgan fingerprint density at radius 1 is 0.941 bits per heavy atom. The maximum atomic E-state index is 2.90. The van der Waals surface area contributed by atoms with E-state index in [0.29, 0.717) is 0 Å². The van der Waals surface area contributed by atoms with Crippen molar-refractivity contribution in [3.8, 4) is 0 Å². The quantitative estimate of drug-likeness (QED) is 0.652. The van der Waals surface area contributed by atoms with E-state index in [1.165, 1.54) is 70.8 Å². The van der Waals surface area contributed by atoms with Crippen LogP contribution in [0.2, 0.25) is 0 Å². The smallest absolute Gasteiger partial charge is 0.0127 e. The van der Waals surface area contributed by atoms with Gasteiger partial charge in [-0.1, -0.05) is 39.5 Å². The minimum atomic E-state index is 0.945. The molecule has 1 nitrogen and oxygen atoms in total. The van der Waals surface area contributed by atoms with Crippen LogP contribution in [-0.2, 0) is 0 Å². The van der Waals surface area contributed by atoms with Gasteiger partial charge in [-0.05, 0) is 51.0 Å². The molecule has 0 saturated carbocycles. The molecule has 2 fully saturated rings. The van der Waals surface area contributed by atoms with Gasteiger partial charge in [0.2, 0.25) is 0 Å². The fourth-order valence-corrected chi connectivity index (χ4v) is 4.09. The molecule has 0 aliphatic carbocycles. The Bertz CT molecular complexity index is 192. The monoisotopic (exact) mass is 237 g/mol. The van der Waals surface area contributed by atoms with Crippen LogP contribution in [0.3, 0.4) is 0 Å². The zero-order chi connectivity index (χ0) is 12.1. The first-order chi connectivity index (χ1) is 8.36. The summed E-state index contributed by atoms with van der Waals surface area (Å²) in [6.45, 7) is 6.06. The first kappa shape index (κ1) is 13.4. The second-order valence-corrected chi connectivity index (χ2v) is 6.22. The third-order valence-electron chi connectivity index (χ3n) is 5.05. The molecule has 0 spiro atoms. The molecule has 0 bridgehead atoms. The number of nitrogens with zero attached hydrogens (tertiary/aromatic N) is 1. The molecule has 2 aliphatic rings. The highest BCUT2D eigenvalue weighted by Gasteiger charge is 2.38. The van der Waals surface area contributed by atoms with Crippen LogP contribution in [0.5, 0.6) is 0 Å². The maximum absolute atomic E-state index is 2.90. The standard InChI is InChI=1S/C16H31N/c1-3-5-8-14-11-12-15(9-6-4-2)17-13-7-10-16(14)17/h14-16H,3-13H2,1-2H3/t14-,15-,16+/m1/s1. The van der Waals surface area contributed by atoms with Crippen LogP contribution in [-0.4, -0.2) is 23.5 Å². The number of hydrogen-bond donors (Lipinski definition) is 0. The third kappa shape index (κ3) is 3.24. The normalized spacial score (nSPS) is 33.9. The first-order valence-corrected chi connectivity index (χ1v) is 8.12. The molecule has 2 aliphatic heterocycles. The van der Waals surface area contributed by atoms with Gasteiger partial charge in [0.1, 0.15) is 0 Å². The van der Waals surface area contributed by atoms with E-state index >= 15 is 0 Å². The Morgan fingerprint density at radius 2 is 1.71 bits per heavy atom. The van der Waals surface area contributed by atoms with Gasteiger partial charge in [0.25, 0.3) is 0 Å². The maximum Gasteiger partial charge on any atom is 0.0127 e. The summed E-state index contributed by atoms with van der Waals surface area (Å²) >= 11 is 0. The average molecular weight is 237 g/mol. The lowest BCUT2D eigenvalue weighted by Gasteiger charge is -2.43. The van der Waals surface area contributed by atoms with Crippen molar-refractivity contribution in [1.82, 2.24) is 4.90 Å². The van der Waals surface area contributed by atoms with Crippen LogP contribution in [0.1, 0.15) is 78.1 Å². The molecule has 0 aromatic heterocycles. The Morgan fingerprint density at radius 3 is 2.47 bits per heavy atom. The van der Waals surface area contributed by atoms with E-state index < -0.39 is 0 Å². The van der Waals surface area contributed by atoms with E-state index in [2.05, 4.69) is 18.7 Å². The molecular weight excluding hydrogens is 206 g/mol. The molecule has 0 aromatic rings. The fourth-order valence-electron chi connectivity index (χ4n) is 4.09. The summed E-state index contributed by atoms with van der Waals surface area (Å²) in [7, 11) is 0. The summed E-state index contributed by atoms with van der Waals surface area (Å²) in [4.78, 5) is 2.90. The van der Waals surface area contributed by atoms with Crippen LogP contribution in [0.15, 0.2) is 0 Å². The van der Waals surface area contributed by atoms with Gasteiger partial charge in [0.15, 0.2) is 0 Å². The molecule has 0 unspecified atom stereocenters. The van der Waals surface area contributed by atoms with Crippen LogP contribution in [0.25, 0.3) is 0 Å². The Hall–Kier alpha value is -0.0400. The van der Waals surface area contributed by atoms with Gasteiger partial charge in [-0.25, -0.2) is 0 Å². The second-order valence-electron chi connectivity index (χ2n) is 6.22. The highest BCUT2D eigenvalue weighted by molar-refractivity contribution is 4.93. The first-order valence-electron chi connectivity index (χ1n) is 8.12. The molecule has 100 valence electrons. The Kier molecular flexibility index (Phi) is 5.34. The van der Waals surface area contributed by atoms with Crippen molar-refractivity contribution in [3.63, 3.8) is 0 Å². The van der Waals surface area contributed by atoms with Gasteiger partial charge in [-0.3, -0.25) is 4.90 Å². The van der Waals surface area contributed by atoms with Crippen molar-refractivity contribution < 1.29 is 0 Å². The summed E-state index contributed by atoms with van der Waals surface area (Å²) in [5, 5.41) is 0. The third-order valence-corrected chi connectivity index (χ3v) is 5.05. The zero-order valence-electron chi connectivity index (χ0n) is 12.0. The molecular formula is C16H31N. The highest BCUT2D eigenvalue weighted by atomic mass is 15.2. The number of fused-ring (bicyclic) bond motifs is 1. The van der Waals surface area contributed by atoms with Crippen molar-refractivity contribution >= 4 is 0 Å². The summed E-state index contributed by atoms with van der Waals surface area (Å²) in [5.74, 6) is 1.04. The summed E-state index contributed by atoms with van der Waals surface area (Å²) in [6, 6.07) is 1.91. The van der Waals surface area contributed by atoms with Gasteiger partial charge in [-0.2, -0.15) is 0 Å². The summed E-state index contributed by atoms with van der Waals surface area (Å²) < 4.78 is 0. The van der Waals surface area contributed by atoms with Crippen LogP contribution >= 0.6 is 0 Å². The lowest BCUT2D eigenvalue weighted by Crippen LogP contribution is -2.47. The van der Waals surface area contributed by atoms with Crippen LogP contribution in [0.4, 0.5) is 0 Å². The van der Waals surface area contributed by atoms with Crippen LogP contribution < -0.4 is 0 Å². The van der Waals surface area contributed by atoms with E-state index in [4.69, 9.17) is 0 Å². The predicted molar refractivity (Wildman–Crippen MR) is 75.3 cm³/mol. The van der Waals surface area contributed by atoms with E-state index in [1.54, 1.807) is 0 Å². The van der Waals surface area contributed by atoms with Crippen molar-refractivity contribution in [2.24, 2.45) is 5.92 Å². The molecule has 17 heavy (non-hydrogen) atoms. The number of rotatable bonds is 6. The Labute approximate surface area is 108 Å². The minimum Gasteiger partial charge on any atom is -0.297 e. The summed E-state index contributed by atoms with van der Waals surface area (Å²) in [6.07, 6.45) is 14.6. The molecule has 2 saturated heterocycles. The van der Waals surface area contributed by atoms with Crippen molar-refractivity contribution in [3.05, 3.63) is 0 Å². The fraction of sp³-hybridized carbons (Fsp3) is 1.00. The molecule has 1 heteroatoms. The lowest BCUT2D eigenvalue weighted by atomic mass is 9.81. The van der Waals surface area contributed by atoms with Crippen molar-refractivity contribution in [2.45, 2.75) is 90.1 Å². The number of piperidine rings is 1. The molecule has 0 aromatic carbocycles. The van der Waals surface area contributed by atoms with Crippen molar-refractivity contribution in [2.75, 3.05) is 6.54 Å². The molecule has 0 amide bonds. The molecule has 3 atom stereocenters. The topological polar surface area (TPSA) is 3.24 Å². The van der Waals surface area contributed by atoms with Crippen molar-refractivity contribution in [1.29, 1.82) is 0 Å². The predicted octanol–water partition coefficient (Wildman–Crippen LogP) is 4.61.